The lowest BCUT2D eigenvalue weighted by Gasteiger charge is -2.42. The average molecular weight is 370 g/mol. The van der Waals surface area contributed by atoms with Crippen molar-refractivity contribution in [3.05, 3.63) is 35.9 Å². The van der Waals surface area contributed by atoms with Crippen LogP contribution in [0.5, 0.6) is 0 Å². The molecule has 0 aromatic heterocycles. The minimum atomic E-state index is -0.206. The summed E-state index contributed by atoms with van der Waals surface area (Å²) in [4.78, 5) is 29.4. The van der Waals surface area contributed by atoms with Crippen molar-refractivity contribution >= 4 is 11.8 Å². The first-order valence-electron chi connectivity index (χ1n) is 10.4. The van der Waals surface area contributed by atoms with E-state index in [1.807, 2.05) is 18.0 Å². The lowest BCUT2D eigenvalue weighted by atomic mass is 9.64. The number of nitrogens with one attached hydrogen (secondary N) is 1. The van der Waals surface area contributed by atoms with Crippen LogP contribution in [-0.2, 0) is 16.0 Å². The molecule has 3 aliphatic rings. The number of carbonyl (C=O) groups is 2. The third-order valence-electron chi connectivity index (χ3n) is 6.88. The SMILES string of the molecule is CN1CCC(N2CCC(NC(=O)C3(Cc4ccccc4)CCC3)CC2)C1=O. The number of likely N-dealkylation sites (tertiary alicyclic amines) is 2. The smallest absolute Gasteiger partial charge is 0.239 e. The van der Waals surface area contributed by atoms with Crippen molar-refractivity contribution in [2.45, 2.75) is 57.0 Å². The van der Waals surface area contributed by atoms with Crippen LogP contribution in [0.25, 0.3) is 0 Å². The molecule has 1 N–H and O–H groups in total. The third-order valence-corrected chi connectivity index (χ3v) is 6.88. The summed E-state index contributed by atoms with van der Waals surface area (Å²) >= 11 is 0. The molecule has 2 saturated heterocycles. The second kappa shape index (κ2) is 7.63. The topological polar surface area (TPSA) is 52.6 Å². The summed E-state index contributed by atoms with van der Waals surface area (Å²) in [5.74, 6) is 0.501. The van der Waals surface area contributed by atoms with Gasteiger partial charge in [0, 0.05) is 32.7 Å². The molecule has 5 heteroatoms. The van der Waals surface area contributed by atoms with Gasteiger partial charge in [-0.25, -0.2) is 0 Å². The highest BCUT2D eigenvalue weighted by atomic mass is 16.2. The van der Waals surface area contributed by atoms with Crippen molar-refractivity contribution < 1.29 is 9.59 Å². The first-order valence-corrected chi connectivity index (χ1v) is 10.4. The van der Waals surface area contributed by atoms with E-state index in [2.05, 4.69) is 34.5 Å². The number of rotatable bonds is 5. The zero-order valence-corrected chi connectivity index (χ0v) is 16.3. The quantitative estimate of drug-likeness (QED) is 0.866. The highest BCUT2D eigenvalue weighted by Crippen LogP contribution is 2.44. The van der Waals surface area contributed by atoms with E-state index < -0.39 is 0 Å². The van der Waals surface area contributed by atoms with Gasteiger partial charge in [-0.15, -0.1) is 0 Å². The molecule has 1 aromatic rings. The van der Waals surface area contributed by atoms with Gasteiger partial charge in [0.05, 0.1) is 11.5 Å². The Morgan fingerprint density at radius 2 is 1.81 bits per heavy atom. The molecular formula is C22H31N3O2. The summed E-state index contributed by atoms with van der Waals surface area (Å²) < 4.78 is 0. The molecule has 3 fully saturated rings. The molecule has 1 aliphatic carbocycles. The number of carbonyl (C=O) groups excluding carboxylic acids is 2. The van der Waals surface area contributed by atoms with Crippen molar-refractivity contribution in [2.75, 3.05) is 26.7 Å². The Morgan fingerprint density at radius 3 is 2.37 bits per heavy atom. The van der Waals surface area contributed by atoms with Crippen LogP contribution in [0.1, 0.15) is 44.1 Å². The maximum atomic E-state index is 13.1. The fourth-order valence-corrected chi connectivity index (χ4v) is 4.91. The monoisotopic (exact) mass is 369 g/mol. The predicted octanol–water partition coefficient (Wildman–Crippen LogP) is 2.21. The Hall–Kier alpha value is -1.88. The van der Waals surface area contributed by atoms with Crippen molar-refractivity contribution in [1.29, 1.82) is 0 Å². The van der Waals surface area contributed by atoms with Crippen LogP contribution in [0.2, 0.25) is 0 Å². The highest BCUT2D eigenvalue weighted by Gasteiger charge is 2.45. The van der Waals surface area contributed by atoms with Crippen LogP contribution in [0.4, 0.5) is 0 Å². The summed E-state index contributed by atoms with van der Waals surface area (Å²) in [6.07, 6.45) is 6.82. The number of likely N-dealkylation sites (N-methyl/N-ethyl adjacent to an activating group) is 1. The highest BCUT2D eigenvalue weighted by molar-refractivity contribution is 5.84. The normalized spacial score (nSPS) is 26.0. The maximum absolute atomic E-state index is 13.1. The molecule has 5 nitrogen and oxygen atoms in total. The number of hydrogen-bond acceptors (Lipinski definition) is 3. The van der Waals surface area contributed by atoms with E-state index in [1.165, 1.54) is 5.56 Å². The molecule has 1 aromatic carbocycles. The molecule has 0 bridgehead atoms. The molecule has 1 saturated carbocycles. The molecule has 2 heterocycles. The second-order valence-corrected chi connectivity index (χ2v) is 8.64. The molecule has 146 valence electrons. The molecule has 2 aliphatic heterocycles. The average Bonchev–Trinajstić information content (AvgIpc) is 2.99. The molecule has 1 atom stereocenters. The largest absolute Gasteiger partial charge is 0.353 e. The van der Waals surface area contributed by atoms with Crippen LogP contribution in [0.15, 0.2) is 30.3 Å². The van der Waals surface area contributed by atoms with E-state index >= 15 is 0 Å². The van der Waals surface area contributed by atoms with Gasteiger partial charge < -0.3 is 10.2 Å². The zero-order chi connectivity index (χ0) is 18.9. The Bertz CT molecular complexity index is 678. The standard InChI is InChI=1S/C22H31N3O2/c1-24-13-10-19(20(24)26)25-14-8-18(9-15-25)23-21(27)22(11-5-12-22)16-17-6-3-2-4-7-17/h2-4,6-7,18-19H,5,8-16H2,1H3,(H,23,27). The fourth-order valence-electron chi connectivity index (χ4n) is 4.91. The van der Waals surface area contributed by atoms with Crippen LogP contribution in [0.3, 0.4) is 0 Å². The van der Waals surface area contributed by atoms with Crippen molar-refractivity contribution in [3.8, 4) is 0 Å². The van der Waals surface area contributed by atoms with Gasteiger partial charge in [-0.1, -0.05) is 36.8 Å². The van der Waals surface area contributed by atoms with Crippen molar-refractivity contribution in [3.63, 3.8) is 0 Å². The van der Waals surface area contributed by atoms with Crippen LogP contribution in [0, 0.1) is 5.41 Å². The molecule has 0 radical (unpaired) electrons. The number of amides is 2. The molecule has 1 unspecified atom stereocenters. The van der Waals surface area contributed by atoms with E-state index in [9.17, 15) is 9.59 Å². The summed E-state index contributed by atoms with van der Waals surface area (Å²) in [6.45, 7) is 2.67. The van der Waals surface area contributed by atoms with E-state index in [-0.39, 0.29) is 29.3 Å². The third kappa shape index (κ3) is 3.75. The summed E-state index contributed by atoms with van der Waals surface area (Å²) in [5.41, 5.74) is 1.05. The van der Waals surface area contributed by atoms with Gasteiger partial charge in [0.15, 0.2) is 0 Å². The molecular weight excluding hydrogens is 338 g/mol. The predicted molar refractivity (Wildman–Crippen MR) is 105 cm³/mol. The van der Waals surface area contributed by atoms with Gasteiger partial charge in [0.2, 0.25) is 11.8 Å². The Kier molecular flexibility index (Phi) is 5.22. The second-order valence-electron chi connectivity index (χ2n) is 8.64. The Labute approximate surface area is 162 Å². The number of nitrogens with zero attached hydrogens (tertiary/aromatic N) is 2. The summed E-state index contributed by atoms with van der Waals surface area (Å²) in [5, 5.41) is 3.35. The minimum absolute atomic E-state index is 0.0581. The molecule has 4 rings (SSSR count). The molecule has 2 amide bonds. The lowest BCUT2D eigenvalue weighted by Crippen LogP contribution is -2.54. The molecule has 0 spiro atoms. The van der Waals surface area contributed by atoms with Gasteiger partial charge in [0.1, 0.15) is 0 Å². The first kappa shape index (κ1) is 18.5. The van der Waals surface area contributed by atoms with Gasteiger partial charge in [-0.05, 0) is 44.1 Å². The van der Waals surface area contributed by atoms with Gasteiger partial charge >= 0.3 is 0 Å². The van der Waals surface area contributed by atoms with Crippen molar-refractivity contribution in [2.24, 2.45) is 5.41 Å². The zero-order valence-electron chi connectivity index (χ0n) is 16.3. The Morgan fingerprint density at radius 1 is 1.11 bits per heavy atom. The van der Waals surface area contributed by atoms with Gasteiger partial charge in [-0.2, -0.15) is 0 Å². The lowest BCUT2D eigenvalue weighted by molar-refractivity contribution is -0.137. The maximum Gasteiger partial charge on any atom is 0.239 e. The van der Waals surface area contributed by atoms with E-state index in [0.29, 0.717) is 0 Å². The first-order chi connectivity index (χ1) is 13.1. The van der Waals surface area contributed by atoms with Crippen LogP contribution < -0.4 is 5.32 Å². The van der Waals surface area contributed by atoms with Gasteiger partial charge in [0.25, 0.3) is 0 Å². The van der Waals surface area contributed by atoms with Gasteiger partial charge in [-0.3, -0.25) is 14.5 Å². The van der Waals surface area contributed by atoms with E-state index in [0.717, 1.165) is 64.6 Å². The number of piperidine rings is 1. The summed E-state index contributed by atoms with van der Waals surface area (Å²) in [7, 11) is 1.89. The molecule has 27 heavy (non-hydrogen) atoms. The van der Waals surface area contributed by atoms with Crippen molar-refractivity contribution in [1.82, 2.24) is 15.1 Å². The van der Waals surface area contributed by atoms with Crippen LogP contribution >= 0.6 is 0 Å². The van der Waals surface area contributed by atoms with Crippen LogP contribution in [-0.4, -0.2) is 60.4 Å². The number of hydrogen-bond donors (Lipinski definition) is 1. The minimum Gasteiger partial charge on any atom is -0.353 e. The van der Waals surface area contributed by atoms with E-state index in [4.69, 9.17) is 0 Å². The Balaban J connectivity index is 1.30. The fraction of sp³-hybridized carbons (Fsp3) is 0.636. The van der Waals surface area contributed by atoms with E-state index in [1.54, 1.807) is 0 Å². The summed E-state index contributed by atoms with van der Waals surface area (Å²) in [6, 6.07) is 10.7. The number of benzene rings is 1.